The fourth-order valence-corrected chi connectivity index (χ4v) is 4.81. The first kappa shape index (κ1) is 18.3. The van der Waals surface area contributed by atoms with Gasteiger partial charge in [-0.2, -0.15) is 5.01 Å². The van der Waals surface area contributed by atoms with Gasteiger partial charge in [0.1, 0.15) is 11.4 Å². The van der Waals surface area contributed by atoms with Crippen molar-refractivity contribution in [3.63, 3.8) is 0 Å². The van der Waals surface area contributed by atoms with Crippen LogP contribution in [0.3, 0.4) is 0 Å². The van der Waals surface area contributed by atoms with Gasteiger partial charge in [0.2, 0.25) is 11.1 Å². The van der Waals surface area contributed by atoms with Crippen molar-refractivity contribution in [2.75, 3.05) is 5.75 Å². The van der Waals surface area contributed by atoms with Gasteiger partial charge in [-0.1, -0.05) is 43.9 Å². The molecule has 2 heterocycles. The Bertz CT molecular complexity index is 739. The van der Waals surface area contributed by atoms with Crippen LogP contribution in [0.5, 0.6) is 0 Å². The minimum atomic E-state index is -0.838. The average Bonchev–Trinajstić information content (AvgIpc) is 3.39. The SMILES string of the molecule is O=C(CSc1n[nH]c(C2CCCC2)n1)NN1C(=O)NC2(CCCCC2)C1=O. The van der Waals surface area contributed by atoms with Crippen molar-refractivity contribution in [3.05, 3.63) is 5.82 Å². The van der Waals surface area contributed by atoms with Crippen molar-refractivity contribution >= 4 is 29.6 Å². The molecule has 1 spiro atoms. The molecule has 0 unspecified atom stereocenters. The summed E-state index contributed by atoms with van der Waals surface area (Å²) < 4.78 is 0. The van der Waals surface area contributed by atoms with Crippen LogP contribution in [0.4, 0.5) is 4.79 Å². The van der Waals surface area contributed by atoms with Crippen LogP contribution in [0, 0.1) is 0 Å². The number of carbonyl (C=O) groups is 3. The molecular weight excluding hydrogens is 368 g/mol. The van der Waals surface area contributed by atoms with Crippen LogP contribution in [0.25, 0.3) is 0 Å². The first-order valence-corrected chi connectivity index (χ1v) is 10.6. The van der Waals surface area contributed by atoms with E-state index in [1.807, 2.05) is 0 Å². The van der Waals surface area contributed by atoms with Gasteiger partial charge in [-0.3, -0.25) is 20.1 Å². The van der Waals surface area contributed by atoms with Crippen LogP contribution in [0.2, 0.25) is 0 Å². The monoisotopic (exact) mass is 392 g/mol. The lowest BCUT2D eigenvalue weighted by Gasteiger charge is -2.30. The Hall–Kier alpha value is -2.10. The predicted molar refractivity (Wildman–Crippen MR) is 97.7 cm³/mol. The summed E-state index contributed by atoms with van der Waals surface area (Å²) in [6, 6.07) is -0.554. The van der Waals surface area contributed by atoms with Crippen LogP contribution in [0.15, 0.2) is 5.16 Å². The number of aromatic amines is 1. The van der Waals surface area contributed by atoms with E-state index in [0.717, 1.165) is 42.9 Å². The van der Waals surface area contributed by atoms with E-state index in [2.05, 4.69) is 25.9 Å². The molecule has 1 aromatic rings. The number of rotatable bonds is 5. The summed E-state index contributed by atoms with van der Waals surface area (Å²) in [5.41, 5.74) is 1.59. The Morgan fingerprint density at radius 1 is 1.19 bits per heavy atom. The number of thioether (sulfide) groups is 1. The Morgan fingerprint density at radius 3 is 2.67 bits per heavy atom. The second-order valence-corrected chi connectivity index (χ2v) is 8.46. The van der Waals surface area contributed by atoms with Crippen molar-refractivity contribution in [1.82, 2.24) is 30.9 Å². The van der Waals surface area contributed by atoms with Crippen molar-refractivity contribution < 1.29 is 14.4 Å². The Labute approximate surface area is 161 Å². The Morgan fingerprint density at radius 2 is 1.93 bits per heavy atom. The van der Waals surface area contributed by atoms with E-state index >= 15 is 0 Å². The van der Waals surface area contributed by atoms with Gasteiger partial charge in [0, 0.05) is 5.92 Å². The zero-order valence-electron chi connectivity index (χ0n) is 15.1. The summed E-state index contributed by atoms with van der Waals surface area (Å²) in [6.45, 7) is 0. The molecule has 0 radical (unpaired) electrons. The highest BCUT2D eigenvalue weighted by atomic mass is 32.2. The maximum Gasteiger partial charge on any atom is 0.344 e. The van der Waals surface area contributed by atoms with Gasteiger partial charge in [0.15, 0.2) is 0 Å². The number of H-pyrrole nitrogens is 1. The molecule has 3 aliphatic rings. The van der Waals surface area contributed by atoms with Gasteiger partial charge in [-0.15, -0.1) is 5.10 Å². The van der Waals surface area contributed by atoms with Gasteiger partial charge in [0.05, 0.1) is 5.75 Å². The fourth-order valence-electron chi connectivity index (χ4n) is 4.21. The molecule has 2 aliphatic carbocycles. The lowest BCUT2D eigenvalue weighted by molar-refractivity contribution is -0.139. The molecular formula is C17H24N6O3S. The van der Waals surface area contributed by atoms with E-state index in [0.29, 0.717) is 23.9 Å². The summed E-state index contributed by atoms with van der Waals surface area (Å²) in [6.07, 6.45) is 8.78. The summed E-state index contributed by atoms with van der Waals surface area (Å²) in [5.74, 6) is 0.559. The zero-order valence-corrected chi connectivity index (χ0v) is 15.9. The molecule has 146 valence electrons. The maximum atomic E-state index is 12.6. The molecule has 10 heteroatoms. The second-order valence-electron chi connectivity index (χ2n) is 7.52. The third kappa shape index (κ3) is 3.67. The van der Waals surface area contributed by atoms with Gasteiger partial charge >= 0.3 is 6.03 Å². The van der Waals surface area contributed by atoms with Crippen LogP contribution < -0.4 is 10.7 Å². The molecule has 4 amide bonds. The normalized spacial score (nSPS) is 22.4. The number of aromatic nitrogens is 3. The molecule has 3 N–H and O–H groups in total. The maximum absolute atomic E-state index is 12.6. The lowest BCUT2D eigenvalue weighted by atomic mass is 9.82. The van der Waals surface area contributed by atoms with Crippen LogP contribution in [-0.4, -0.2) is 49.3 Å². The van der Waals surface area contributed by atoms with Gasteiger partial charge in [-0.05, 0) is 25.7 Å². The summed E-state index contributed by atoms with van der Waals surface area (Å²) in [4.78, 5) is 41.5. The number of hydrogen-bond donors (Lipinski definition) is 3. The quantitative estimate of drug-likeness (QED) is 0.519. The molecule has 9 nitrogen and oxygen atoms in total. The van der Waals surface area contributed by atoms with E-state index in [-0.39, 0.29) is 11.7 Å². The molecule has 1 aliphatic heterocycles. The number of imide groups is 1. The molecule has 4 rings (SSSR count). The first-order chi connectivity index (χ1) is 13.1. The second kappa shape index (κ2) is 7.49. The number of hydrogen-bond acceptors (Lipinski definition) is 6. The van der Waals surface area contributed by atoms with E-state index in [4.69, 9.17) is 0 Å². The Kier molecular flexibility index (Phi) is 5.07. The predicted octanol–water partition coefficient (Wildman–Crippen LogP) is 1.84. The fraction of sp³-hybridized carbons (Fsp3) is 0.706. The van der Waals surface area contributed by atoms with Crippen LogP contribution in [0.1, 0.15) is 69.5 Å². The van der Waals surface area contributed by atoms with Crippen molar-refractivity contribution in [2.24, 2.45) is 0 Å². The number of hydrazine groups is 1. The molecule has 0 bridgehead atoms. The minimum Gasteiger partial charge on any atom is -0.322 e. The van der Waals surface area contributed by atoms with Gasteiger partial charge < -0.3 is 5.32 Å². The van der Waals surface area contributed by atoms with Crippen LogP contribution in [-0.2, 0) is 9.59 Å². The highest BCUT2D eigenvalue weighted by Gasteiger charge is 2.52. The number of nitrogens with one attached hydrogen (secondary N) is 3. The lowest BCUT2D eigenvalue weighted by Crippen LogP contribution is -2.51. The third-order valence-corrected chi connectivity index (χ3v) is 6.51. The smallest absolute Gasteiger partial charge is 0.322 e. The van der Waals surface area contributed by atoms with Gasteiger partial charge in [-0.25, -0.2) is 9.78 Å². The van der Waals surface area contributed by atoms with Crippen molar-refractivity contribution in [3.8, 4) is 0 Å². The van der Waals surface area contributed by atoms with Gasteiger partial charge in [0.25, 0.3) is 5.91 Å². The molecule has 1 saturated heterocycles. The minimum absolute atomic E-state index is 0.0338. The van der Waals surface area contributed by atoms with E-state index in [9.17, 15) is 14.4 Å². The number of carbonyl (C=O) groups excluding carboxylic acids is 3. The molecule has 1 aromatic heterocycles. The summed E-state index contributed by atoms with van der Waals surface area (Å²) >= 11 is 1.19. The molecule has 3 fully saturated rings. The molecule has 0 atom stereocenters. The number of nitrogens with zero attached hydrogens (tertiary/aromatic N) is 3. The highest BCUT2D eigenvalue weighted by molar-refractivity contribution is 7.99. The third-order valence-electron chi connectivity index (χ3n) is 5.66. The molecule has 27 heavy (non-hydrogen) atoms. The highest BCUT2D eigenvalue weighted by Crippen LogP contribution is 2.34. The average molecular weight is 392 g/mol. The number of amides is 4. The standard InChI is InChI=1S/C17H24N6O3S/c24-12(10-27-15-18-13(20-21-15)11-6-2-3-7-11)22-23-14(25)17(19-16(23)26)8-4-1-5-9-17/h11H,1-10H2,(H,19,26)(H,22,24)(H,18,20,21). The largest absolute Gasteiger partial charge is 0.344 e. The van der Waals surface area contributed by atoms with Crippen molar-refractivity contribution in [2.45, 2.75) is 74.4 Å². The number of urea groups is 1. The molecule has 0 aromatic carbocycles. The summed E-state index contributed by atoms with van der Waals surface area (Å²) in [5, 5.41) is 11.2. The van der Waals surface area contributed by atoms with E-state index < -0.39 is 17.5 Å². The summed E-state index contributed by atoms with van der Waals surface area (Å²) in [7, 11) is 0. The van der Waals surface area contributed by atoms with E-state index in [1.165, 1.54) is 24.6 Å². The van der Waals surface area contributed by atoms with Crippen LogP contribution >= 0.6 is 11.8 Å². The molecule has 2 saturated carbocycles. The Balaban J connectivity index is 1.30. The topological polar surface area (TPSA) is 120 Å². The van der Waals surface area contributed by atoms with E-state index in [1.54, 1.807) is 0 Å². The van der Waals surface area contributed by atoms with Crippen molar-refractivity contribution in [1.29, 1.82) is 0 Å². The first-order valence-electron chi connectivity index (χ1n) is 9.59. The zero-order chi connectivity index (χ0) is 18.9.